The molecule has 2 aliphatic rings. The molecule has 3 aromatic carbocycles. The molecule has 1 spiro atoms. The number of aliphatic hydroxyl groups excluding tert-OH is 1. The third-order valence-electron chi connectivity index (χ3n) is 9.26. The highest BCUT2D eigenvalue weighted by Crippen LogP contribution is 2.60. The predicted molar refractivity (Wildman–Crippen MR) is 165 cm³/mol. The molecule has 3 heterocycles. The quantitative estimate of drug-likeness (QED) is 0.285. The molecular weight excluding hydrogens is 544 g/mol. The molecule has 1 N–H and O–H groups in total. The average Bonchev–Trinajstić information content (AvgIpc) is 3.66. The van der Waals surface area contributed by atoms with Crippen LogP contribution in [0.5, 0.6) is 5.75 Å². The van der Waals surface area contributed by atoms with Crippen molar-refractivity contribution < 1.29 is 19.4 Å². The van der Waals surface area contributed by atoms with Crippen LogP contribution in [0.1, 0.15) is 24.6 Å². The lowest BCUT2D eigenvalue weighted by molar-refractivity contribution is -0.145. The first-order valence-corrected chi connectivity index (χ1v) is 17.7. The van der Waals surface area contributed by atoms with Crippen molar-refractivity contribution >= 4 is 30.5 Å². The van der Waals surface area contributed by atoms with Gasteiger partial charge in [-0.05, 0) is 42.3 Å². The van der Waals surface area contributed by atoms with Gasteiger partial charge in [0.25, 0.3) is 5.91 Å². The molecule has 0 radical (unpaired) electrons. The molecule has 1 amide bonds. The maximum atomic E-state index is 14.7. The van der Waals surface area contributed by atoms with Gasteiger partial charge < -0.3 is 14.6 Å². The first kappa shape index (κ1) is 28.3. The highest BCUT2D eigenvalue weighted by molar-refractivity contribution is 6.91. The summed E-state index contributed by atoms with van der Waals surface area (Å²) in [5.41, 5.74) is 2.46. The normalized spacial score (nSPS) is 23.5. The fourth-order valence-electron chi connectivity index (χ4n) is 7.23. The van der Waals surface area contributed by atoms with E-state index in [-0.39, 0.29) is 30.1 Å². The number of aliphatic hydroxyl groups is 1. The highest BCUT2D eigenvalue weighted by Gasteiger charge is 2.66. The minimum Gasteiger partial charge on any atom is -0.497 e. The number of para-hydroxylation sites is 2. The van der Waals surface area contributed by atoms with E-state index in [1.807, 2.05) is 76.4 Å². The van der Waals surface area contributed by atoms with Crippen LogP contribution in [0.15, 0.2) is 85.1 Å². The van der Waals surface area contributed by atoms with E-state index in [0.29, 0.717) is 19.4 Å². The van der Waals surface area contributed by atoms with E-state index in [1.54, 1.807) is 7.11 Å². The highest BCUT2D eigenvalue weighted by atomic mass is 28.3. The maximum Gasteiger partial charge on any atom is 0.268 e. The van der Waals surface area contributed by atoms with E-state index in [4.69, 9.17) is 9.47 Å². The number of amides is 1. The lowest BCUT2D eigenvalue weighted by Crippen LogP contribution is -2.51. The molecular formula is C33H38N4O4Si. The minimum atomic E-state index is -2.23. The van der Waals surface area contributed by atoms with Crippen LogP contribution < -0.4 is 14.8 Å². The average molecular weight is 583 g/mol. The van der Waals surface area contributed by atoms with Crippen molar-refractivity contribution in [2.24, 2.45) is 5.92 Å². The fraction of sp³-hybridized carbons (Fsp3) is 0.364. The molecule has 1 fully saturated rings. The van der Waals surface area contributed by atoms with Crippen LogP contribution in [0, 0.1) is 5.92 Å². The number of carbonyl (C=O) groups excluding carboxylic acids is 1. The number of methoxy groups -OCH3 is 1. The van der Waals surface area contributed by atoms with Gasteiger partial charge in [-0.3, -0.25) is 14.4 Å². The van der Waals surface area contributed by atoms with E-state index in [2.05, 4.69) is 48.5 Å². The zero-order valence-electron chi connectivity index (χ0n) is 24.6. The van der Waals surface area contributed by atoms with Gasteiger partial charge >= 0.3 is 0 Å². The number of hydrogen-bond donors (Lipinski definition) is 1. The van der Waals surface area contributed by atoms with Gasteiger partial charge in [0.15, 0.2) is 5.60 Å². The molecule has 0 unspecified atom stereocenters. The Morgan fingerprint density at radius 2 is 1.74 bits per heavy atom. The fourth-order valence-corrected chi connectivity index (χ4v) is 11.3. The molecule has 0 bridgehead atoms. The Balaban J connectivity index is 1.42. The second kappa shape index (κ2) is 11.1. The lowest BCUT2D eigenvalue weighted by atomic mass is 9.82. The SMILES string of the molecule is COc1ccc([Si](C)(C)[C@@H]2[C@@H](CCn3cc(CCO)nn3)O[C@]3(C(=O)N(c4ccccc4)c4ccccc43)[C@H]2C)cc1. The summed E-state index contributed by atoms with van der Waals surface area (Å²) >= 11 is 0. The second-order valence-electron chi connectivity index (χ2n) is 11.9. The number of anilines is 2. The molecule has 9 heteroatoms. The van der Waals surface area contributed by atoms with Gasteiger partial charge in [0.05, 0.1) is 32.7 Å². The van der Waals surface area contributed by atoms with Gasteiger partial charge in [-0.25, -0.2) is 0 Å². The van der Waals surface area contributed by atoms with Gasteiger partial charge in [-0.2, -0.15) is 0 Å². The van der Waals surface area contributed by atoms with Crippen molar-refractivity contribution in [2.75, 3.05) is 18.6 Å². The Morgan fingerprint density at radius 1 is 1.02 bits per heavy atom. The Kier molecular flexibility index (Phi) is 7.51. The molecule has 8 nitrogen and oxygen atoms in total. The number of hydrogen-bond acceptors (Lipinski definition) is 6. The topological polar surface area (TPSA) is 89.7 Å². The van der Waals surface area contributed by atoms with Gasteiger partial charge in [0.1, 0.15) is 5.75 Å². The maximum absolute atomic E-state index is 14.7. The summed E-state index contributed by atoms with van der Waals surface area (Å²) in [6.07, 6.45) is 2.87. The number of ether oxygens (including phenoxy) is 2. The number of fused-ring (bicyclic) bond motifs is 2. The van der Waals surface area contributed by atoms with Crippen LogP contribution in [0.3, 0.4) is 0 Å². The molecule has 218 valence electrons. The van der Waals surface area contributed by atoms with Crippen molar-refractivity contribution in [1.29, 1.82) is 0 Å². The summed E-state index contributed by atoms with van der Waals surface area (Å²) in [5, 5.41) is 19.1. The lowest BCUT2D eigenvalue weighted by Gasteiger charge is -2.37. The summed E-state index contributed by atoms with van der Waals surface area (Å²) in [6, 6.07) is 26.3. The molecule has 1 aromatic heterocycles. The van der Waals surface area contributed by atoms with Crippen molar-refractivity contribution in [3.63, 3.8) is 0 Å². The summed E-state index contributed by atoms with van der Waals surface area (Å²) in [5.74, 6) is 0.727. The van der Waals surface area contributed by atoms with Gasteiger partial charge in [0.2, 0.25) is 0 Å². The molecule has 4 aromatic rings. The first-order valence-electron chi connectivity index (χ1n) is 14.6. The zero-order valence-corrected chi connectivity index (χ0v) is 25.6. The van der Waals surface area contributed by atoms with E-state index in [1.165, 1.54) is 5.19 Å². The van der Waals surface area contributed by atoms with Gasteiger partial charge in [-0.15, -0.1) is 5.10 Å². The standard InChI is InChI=1S/C33H38N4O4Si/c1-23-31(42(3,4)27-16-14-26(40-2)15-17-27)30(18-20-36-22-24(19-21-38)34-35-36)41-33(23)28-12-8-9-13-29(28)37(32(33)39)25-10-6-5-7-11-25/h5-17,22-23,30-31,38H,18-21H2,1-4H3/t23-,30+,31-,33+/m0/s1. The van der Waals surface area contributed by atoms with Gasteiger partial charge in [-0.1, -0.05) is 78.9 Å². The van der Waals surface area contributed by atoms with Crippen molar-refractivity contribution in [3.8, 4) is 5.75 Å². The van der Waals surface area contributed by atoms with Crippen LogP contribution >= 0.6 is 0 Å². The minimum absolute atomic E-state index is 0.0274. The summed E-state index contributed by atoms with van der Waals surface area (Å²) in [7, 11) is -0.547. The van der Waals surface area contributed by atoms with Crippen LogP contribution in [-0.4, -0.2) is 53.9 Å². The number of nitrogens with zero attached hydrogens (tertiary/aromatic N) is 4. The van der Waals surface area contributed by atoms with Crippen LogP contribution in [-0.2, 0) is 28.1 Å². The van der Waals surface area contributed by atoms with Crippen LogP contribution in [0.4, 0.5) is 11.4 Å². The molecule has 42 heavy (non-hydrogen) atoms. The third-order valence-corrected chi connectivity index (χ3v) is 13.6. The number of rotatable bonds is 9. The number of benzene rings is 3. The Labute approximate surface area is 247 Å². The second-order valence-corrected chi connectivity index (χ2v) is 16.6. The van der Waals surface area contributed by atoms with E-state index >= 15 is 0 Å². The van der Waals surface area contributed by atoms with Crippen molar-refractivity contribution in [3.05, 3.63) is 96.3 Å². The monoisotopic (exact) mass is 582 g/mol. The number of aromatic nitrogens is 3. The largest absolute Gasteiger partial charge is 0.497 e. The summed E-state index contributed by atoms with van der Waals surface area (Å²) in [4.78, 5) is 16.6. The molecule has 0 saturated carbocycles. The summed E-state index contributed by atoms with van der Waals surface area (Å²) in [6.45, 7) is 7.63. The van der Waals surface area contributed by atoms with Crippen LogP contribution in [0.25, 0.3) is 0 Å². The molecule has 0 aliphatic carbocycles. The molecule has 2 aliphatic heterocycles. The zero-order chi connectivity index (χ0) is 29.5. The number of carbonyl (C=O) groups is 1. The Morgan fingerprint density at radius 3 is 2.45 bits per heavy atom. The van der Waals surface area contributed by atoms with Crippen molar-refractivity contribution in [1.82, 2.24) is 15.0 Å². The molecule has 6 rings (SSSR count). The molecule has 4 atom stereocenters. The van der Waals surface area contributed by atoms with Crippen molar-refractivity contribution in [2.45, 2.75) is 56.7 Å². The predicted octanol–water partition coefficient (Wildman–Crippen LogP) is 4.81. The van der Waals surface area contributed by atoms with E-state index < -0.39 is 13.7 Å². The Hall–Kier alpha value is -3.79. The third kappa shape index (κ3) is 4.56. The van der Waals surface area contributed by atoms with E-state index in [0.717, 1.165) is 28.4 Å². The van der Waals surface area contributed by atoms with Gasteiger partial charge in [0, 0.05) is 42.9 Å². The van der Waals surface area contributed by atoms with E-state index in [9.17, 15) is 9.90 Å². The first-order chi connectivity index (χ1) is 20.3. The Bertz CT molecular complexity index is 1560. The smallest absolute Gasteiger partial charge is 0.268 e. The van der Waals surface area contributed by atoms with Crippen LogP contribution in [0.2, 0.25) is 18.6 Å². The number of aryl methyl sites for hydroxylation is 1. The molecule has 1 saturated heterocycles. The summed E-state index contributed by atoms with van der Waals surface area (Å²) < 4.78 is 14.4.